The van der Waals surface area contributed by atoms with E-state index >= 15 is 0 Å². The molecule has 4 nitrogen and oxygen atoms in total. The van der Waals surface area contributed by atoms with Crippen molar-refractivity contribution in [3.05, 3.63) is 24.3 Å². The van der Waals surface area contributed by atoms with Crippen LogP contribution >= 0.6 is 0 Å². The molecular formula is C17H27N3O. The summed E-state index contributed by atoms with van der Waals surface area (Å²) >= 11 is 0. The molecule has 1 amide bonds. The molecule has 0 aromatic heterocycles. The van der Waals surface area contributed by atoms with Gasteiger partial charge < -0.3 is 16.0 Å². The van der Waals surface area contributed by atoms with E-state index in [2.05, 4.69) is 17.1 Å². The van der Waals surface area contributed by atoms with E-state index in [9.17, 15) is 4.79 Å². The Morgan fingerprint density at radius 1 is 1.38 bits per heavy atom. The van der Waals surface area contributed by atoms with Crippen molar-refractivity contribution in [2.24, 2.45) is 0 Å². The number of nitrogen functional groups attached to an aromatic ring is 1. The highest BCUT2D eigenvalue weighted by Gasteiger charge is 2.16. The maximum absolute atomic E-state index is 11.9. The number of benzene rings is 1. The number of carbonyl (C=O) groups is 1. The van der Waals surface area contributed by atoms with Crippen molar-refractivity contribution in [2.75, 3.05) is 24.1 Å². The first kappa shape index (κ1) is 15.8. The fourth-order valence-electron chi connectivity index (χ4n) is 2.95. The first-order valence-electron chi connectivity index (χ1n) is 8.04. The number of hydrogen-bond acceptors (Lipinski definition) is 3. The zero-order chi connectivity index (χ0) is 15.1. The van der Waals surface area contributed by atoms with Gasteiger partial charge in [-0.05, 0) is 57.5 Å². The molecule has 1 heterocycles. The number of nitrogens with two attached hydrogens (primary N) is 1. The van der Waals surface area contributed by atoms with Crippen molar-refractivity contribution >= 4 is 17.3 Å². The van der Waals surface area contributed by atoms with Crippen LogP contribution in [0, 0.1) is 0 Å². The number of rotatable bonds is 5. The summed E-state index contributed by atoms with van der Waals surface area (Å²) in [5.74, 6) is 0.0723. The molecular weight excluding hydrogens is 262 g/mol. The van der Waals surface area contributed by atoms with E-state index in [1.165, 1.54) is 32.2 Å². The lowest BCUT2D eigenvalue weighted by molar-refractivity contribution is -0.116. The molecule has 1 aliphatic rings. The van der Waals surface area contributed by atoms with Gasteiger partial charge >= 0.3 is 0 Å². The summed E-state index contributed by atoms with van der Waals surface area (Å²) < 4.78 is 0. The van der Waals surface area contributed by atoms with Crippen LogP contribution in [0.15, 0.2) is 24.3 Å². The first-order valence-corrected chi connectivity index (χ1v) is 8.04. The van der Waals surface area contributed by atoms with E-state index in [0.717, 1.165) is 18.7 Å². The first-order chi connectivity index (χ1) is 10.1. The van der Waals surface area contributed by atoms with Crippen LogP contribution in [0.1, 0.15) is 45.4 Å². The minimum atomic E-state index is 0.0723. The summed E-state index contributed by atoms with van der Waals surface area (Å²) in [6.45, 7) is 4.50. The van der Waals surface area contributed by atoms with Crippen molar-refractivity contribution in [1.82, 2.24) is 4.90 Å². The van der Waals surface area contributed by atoms with E-state index in [0.29, 0.717) is 18.2 Å². The van der Waals surface area contributed by atoms with Gasteiger partial charge in [-0.3, -0.25) is 4.79 Å². The second-order valence-electron chi connectivity index (χ2n) is 6.01. The van der Waals surface area contributed by atoms with Gasteiger partial charge in [-0.1, -0.05) is 18.9 Å². The largest absolute Gasteiger partial charge is 0.399 e. The third kappa shape index (κ3) is 5.38. The molecule has 0 spiro atoms. The number of nitrogens with one attached hydrogen (secondary N) is 1. The molecule has 1 aromatic rings. The Balaban J connectivity index is 1.71. The number of amides is 1. The Bertz CT molecular complexity index is 461. The van der Waals surface area contributed by atoms with Crippen molar-refractivity contribution in [2.45, 2.75) is 51.5 Å². The van der Waals surface area contributed by atoms with Gasteiger partial charge in [0.25, 0.3) is 0 Å². The second-order valence-corrected chi connectivity index (χ2v) is 6.01. The van der Waals surface area contributed by atoms with Gasteiger partial charge in [-0.2, -0.15) is 0 Å². The third-order valence-electron chi connectivity index (χ3n) is 4.21. The number of carbonyl (C=O) groups excluding carboxylic acids is 1. The molecule has 1 unspecified atom stereocenters. The number of likely N-dealkylation sites (tertiary alicyclic amines) is 1. The quantitative estimate of drug-likeness (QED) is 0.818. The van der Waals surface area contributed by atoms with Crippen LogP contribution in [0.2, 0.25) is 0 Å². The van der Waals surface area contributed by atoms with Gasteiger partial charge in [-0.15, -0.1) is 0 Å². The molecule has 0 bridgehead atoms. The molecule has 0 radical (unpaired) electrons. The Kier molecular flexibility index (Phi) is 6.05. The summed E-state index contributed by atoms with van der Waals surface area (Å²) in [6.07, 6.45) is 6.75. The maximum atomic E-state index is 11.9. The molecule has 1 aliphatic heterocycles. The standard InChI is InChI=1S/C17H27N3O/c1-14-7-3-2-4-11-20(14)12-6-10-17(21)19-16-9-5-8-15(18)13-16/h5,8-9,13-14H,2-4,6-7,10-12,18H2,1H3,(H,19,21). The average molecular weight is 289 g/mol. The predicted molar refractivity (Wildman–Crippen MR) is 88.2 cm³/mol. The van der Waals surface area contributed by atoms with Gasteiger partial charge in [-0.25, -0.2) is 0 Å². The Hall–Kier alpha value is -1.55. The molecule has 0 aliphatic carbocycles. The lowest BCUT2D eigenvalue weighted by Crippen LogP contribution is -2.33. The normalized spacial score (nSPS) is 20.0. The van der Waals surface area contributed by atoms with E-state index in [-0.39, 0.29) is 5.91 Å². The van der Waals surface area contributed by atoms with E-state index in [1.54, 1.807) is 6.07 Å². The van der Waals surface area contributed by atoms with Crippen LogP contribution in [-0.4, -0.2) is 29.9 Å². The zero-order valence-corrected chi connectivity index (χ0v) is 13.0. The molecule has 21 heavy (non-hydrogen) atoms. The Labute approximate surface area is 127 Å². The molecule has 1 saturated heterocycles. The second kappa shape index (κ2) is 8.03. The molecule has 3 N–H and O–H groups in total. The smallest absolute Gasteiger partial charge is 0.224 e. The Morgan fingerprint density at radius 2 is 2.24 bits per heavy atom. The third-order valence-corrected chi connectivity index (χ3v) is 4.21. The minimum absolute atomic E-state index is 0.0723. The van der Waals surface area contributed by atoms with Crippen LogP contribution in [0.5, 0.6) is 0 Å². The summed E-state index contributed by atoms with van der Waals surface area (Å²) in [5, 5.41) is 2.91. The summed E-state index contributed by atoms with van der Waals surface area (Å²) in [5.41, 5.74) is 7.16. The van der Waals surface area contributed by atoms with Crippen molar-refractivity contribution in [3.8, 4) is 0 Å². The zero-order valence-electron chi connectivity index (χ0n) is 13.0. The molecule has 0 saturated carbocycles. The predicted octanol–water partition coefficient (Wildman–Crippen LogP) is 3.25. The highest BCUT2D eigenvalue weighted by atomic mass is 16.1. The van der Waals surface area contributed by atoms with Gasteiger partial charge in [0, 0.05) is 23.8 Å². The Morgan fingerprint density at radius 3 is 3.05 bits per heavy atom. The van der Waals surface area contributed by atoms with Crippen LogP contribution in [0.25, 0.3) is 0 Å². The molecule has 2 rings (SSSR count). The van der Waals surface area contributed by atoms with E-state index in [4.69, 9.17) is 5.73 Å². The van der Waals surface area contributed by atoms with Gasteiger partial charge in [0.1, 0.15) is 0 Å². The lowest BCUT2D eigenvalue weighted by Gasteiger charge is -2.26. The summed E-state index contributed by atoms with van der Waals surface area (Å²) in [6, 6.07) is 7.98. The molecule has 1 aromatic carbocycles. The summed E-state index contributed by atoms with van der Waals surface area (Å²) in [7, 11) is 0. The number of anilines is 2. The van der Waals surface area contributed by atoms with Gasteiger partial charge in [0.15, 0.2) is 0 Å². The highest BCUT2D eigenvalue weighted by molar-refractivity contribution is 5.91. The maximum Gasteiger partial charge on any atom is 0.224 e. The molecule has 1 fully saturated rings. The van der Waals surface area contributed by atoms with Crippen LogP contribution in [0.3, 0.4) is 0 Å². The summed E-state index contributed by atoms with van der Waals surface area (Å²) in [4.78, 5) is 14.5. The lowest BCUT2D eigenvalue weighted by atomic mass is 10.1. The van der Waals surface area contributed by atoms with Gasteiger partial charge in [0.05, 0.1) is 0 Å². The number of hydrogen-bond donors (Lipinski definition) is 2. The van der Waals surface area contributed by atoms with E-state index < -0.39 is 0 Å². The van der Waals surface area contributed by atoms with Crippen molar-refractivity contribution in [3.63, 3.8) is 0 Å². The fourth-order valence-corrected chi connectivity index (χ4v) is 2.95. The van der Waals surface area contributed by atoms with Crippen LogP contribution in [-0.2, 0) is 4.79 Å². The van der Waals surface area contributed by atoms with Crippen molar-refractivity contribution < 1.29 is 4.79 Å². The van der Waals surface area contributed by atoms with Crippen LogP contribution in [0.4, 0.5) is 11.4 Å². The molecule has 4 heteroatoms. The number of nitrogens with zero attached hydrogens (tertiary/aromatic N) is 1. The monoisotopic (exact) mass is 289 g/mol. The van der Waals surface area contributed by atoms with Crippen molar-refractivity contribution in [1.29, 1.82) is 0 Å². The van der Waals surface area contributed by atoms with E-state index in [1.807, 2.05) is 18.2 Å². The molecule has 1 atom stereocenters. The molecule has 116 valence electrons. The topological polar surface area (TPSA) is 58.4 Å². The van der Waals surface area contributed by atoms with Crippen LogP contribution < -0.4 is 11.1 Å². The SMILES string of the molecule is CC1CCCCCN1CCCC(=O)Nc1cccc(N)c1. The average Bonchev–Trinajstić information content (AvgIpc) is 2.64. The fraction of sp³-hybridized carbons (Fsp3) is 0.588. The minimum Gasteiger partial charge on any atom is -0.399 e. The highest BCUT2D eigenvalue weighted by Crippen LogP contribution is 2.17. The van der Waals surface area contributed by atoms with Gasteiger partial charge in [0.2, 0.25) is 5.91 Å².